The number of carbonyl (C=O) groups excluding carboxylic acids is 3. The van der Waals surface area contributed by atoms with Crippen LogP contribution in [0.4, 0.5) is 0 Å². The van der Waals surface area contributed by atoms with Crippen LogP contribution < -0.4 is 10.6 Å². The zero-order valence-corrected chi connectivity index (χ0v) is 13.3. The third kappa shape index (κ3) is 8.83. The number of hydrogen-bond donors (Lipinski definition) is 2. The number of ether oxygens (including phenoxy) is 1. The van der Waals surface area contributed by atoms with Gasteiger partial charge in [0.2, 0.25) is 11.8 Å². The lowest BCUT2D eigenvalue weighted by molar-refractivity contribution is -0.140. The fraction of sp³-hybridized carbons (Fsp3) is 0.667. The van der Waals surface area contributed by atoms with Crippen molar-refractivity contribution in [2.75, 3.05) is 13.2 Å². The van der Waals surface area contributed by atoms with Crippen molar-refractivity contribution in [3.8, 4) is 0 Å². The molecule has 2 amide bonds. The van der Waals surface area contributed by atoms with Crippen LogP contribution in [0.3, 0.4) is 0 Å². The smallest absolute Gasteiger partial charge is 0.333 e. The van der Waals surface area contributed by atoms with Crippen LogP contribution >= 0.6 is 0 Å². The molecule has 0 bridgehead atoms. The van der Waals surface area contributed by atoms with Crippen molar-refractivity contribution >= 4 is 17.8 Å². The van der Waals surface area contributed by atoms with Gasteiger partial charge in [0.1, 0.15) is 0 Å². The van der Waals surface area contributed by atoms with Crippen LogP contribution in [0.15, 0.2) is 12.2 Å². The first-order valence-electron chi connectivity index (χ1n) is 7.12. The van der Waals surface area contributed by atoms with Gasteiger partial charge in [-0.2, -0.15) is 0 Å². The molecule has 21 heavy (non-hydrogen) atoms. The van der Waals surface area contributed by atoms with Gasteiger partial charge in [-0.25, -0.2) is 4.79 Å². The molecule has 0 aliphatic rings. The Kier molecular flexibility index (Phi) is 9.08. The summed E-state index contributed by atoms with van der Waals surface area (Å²) in [5.41, 5.74) is 0.319. The van der Waals surface area contributed by atoms with Gasteiger partial charge in [0, 0.05) is 37.9 Å². The Balaban J connectivity index is 4.79. The normalized spacial score (nSPS) is 13.0. The Bertz CT molecular complexity index is 393. The van der Waals surface area contributed by atoms with Gasteiger partial charge in [-0.3, -0.25) is 9.59 Å². The number of hydrogen-bond acceptors (Lipinski definition) is 4. The summed E-state index contributed by atoms with van der Waals surface area (Å²) in [6.45, 7) is 10.4. The second-order valence-corrected chi connectivity index (χ2v) is 5.17. The Labute approximate surface area is 126 Å². The number of rotatable bonds is 9. The molecule has 0 radical (unpaired) electrons. The molecule has 0 aromatic carbocycles. The zero-order valence-electron chi connectivity index (χ0n) is 13.3. The van der Waals surface area contributed by atoms with Gasteiger partial charge in [0.05, 0.1) is 6.61 Å². The molecule has 0 saturated heterocycles. The molecule has 120 valence electrons. The van der Waals surface area contributed by atoms with E-state index in [1.807, 2.05) is 6.92 Å². The summed E-state index contributed by atoms with van der Waals surface area (Å²) >= 11 is 0. The van der Waals surface area contributed by atoms with E-state index in [1.165, 1.54) is 13.8 Å². The van der Waals surface area contributed by atoms with E-state index in [0.717, 1.165) is 12.8 Å². The molecular formula is C15H26N2O4. The fourth-order valence-electron chi connectivity index (χ4n) is 1.90. The first-order valence-corrected chi connectivity index (χ1v) is 7.12. The lowest BCUT2D eigenvalue weighted by atomic mass is 9.96. The lowest BCUT2D eigenvalue weighted by Gasteiger charge is -2.27. The minimum absolute atomic E-state index is 0.122. The van der Waals surface area contributed by atoms with Crippen LogP contribution in [-0.2, 0) is 19.1 Å². The van der Waals surface area contributed by atoms with E-state index in [9.17, 15) is 14.4 Å². The van der Waals surface area contributed by atoms with E-state index < -0.39 is 5.97 Å². The maximum Gasteiger partial charge on any atom is 0.333 e. The number of carbonyl (C=O) groups is 3. The number of amides is 2. The monoisotopic (exact) mass is 298 g/mol. The van der Waals surface area contributed by atoms with Crippen molar-refractivity contribution in [3.05, 3.63) is 12.2 Å². The van der Waals surface area contributed by atoms with E-state index in [1.54, 1.807) is 6.92 Å². The second-order valence-electron chi connectivity index (χ2n) is 5.17. The van der Waals surface area contributed by atoms with Crippen LogP contribution in [0.5, 0.6) is 0 Å². The van der Waals surface area contributed by atoms with Crippen LogP contribution in [0.2, 0.25) is 0 Å². The summed E-state index contributed by atoms with van der Waals surface area (Å²) in [6, 6.07) is -0.155. The van der Waals surface area contributed by atoms with Crippen LogP contribution in [0, 0.1) is 5.92 Å². The maximum absolute atomic E-state index is 11.5. The summed E-state index contributed by atoms with van der Waals surface area (Å²) < 4.78 is 5.17. The van der Waals surface area contributed by atoms with Crippen molar-refractivity contribution in [1.82, 2.24) is 10.6 Å². The van der Waals surface area contributed by atoms with E-state index in [-0.39, 0.29) is 30.4 Å². The van der Waals surface area contributed by atoms with Gasteiger partial charge >= 0.3 is 5.97 Å². The molecule has 2 unspecified atom stereocenters. The van der Waals surface area contributed by atoms with Crippen LogP contribution in [0.1, 0.15) is 40.5 Å². The molecule has 0 saturated carbocycles. The molecule has 2 atom stereocenters. The molecule has 6 nitrogen and oxygen atoms in total. The van der Waals surface area contributed by atoms with Crippen LogP contribution in [-0.4, -0.2) is 37.0 Å². The topological polar surface area (TPSA) is 84.5 Å². The highest BCUT2D eigenvalue weighted by atomic mass is 16.5. The molecule has 0 heterocycles. The summed E-state index contributed by atoms with van der Waals surface area (Å²) in [5.74, 6) is -0.959. The molecule has 0 aromatic rings. The Morgan fingerprint density at radius 2 is 1.76 bits per heavy atom. The number of esters is 1. The van der Waals surface area contributed by atoms with Crippen LogP contribution in [0.25, 0.3) is 0 Å². The molecule has 0 spiro atoms. The molecule has 6 heteroatoms. The molecular weight excluding hydrogens is 272 g/mol. The van der Waals surface area contributed by atoms with E-state index in [0.29, 0.717) is 12.1 Å². The average Bonchev–Trinajstić information content (AvgIpc) is 2.37. The predicted molar refractivity (Wildman–Crippen MR) is 80.5 cm³/mol. The minimum atomic E-state index is -0.471. The molecule has 0 fully saturated rings. The van der Waals surface area contributed by atoms with E-state index in [2.05, 4.69) is 17.2 Å². The largest absolute Gasteiger partial charge is 0.462 e. The van der Waals surface area contributed by atoms with Gasteiger partial charge in [0.15, 0.2) is 0 Å². The standard InChI is InChI=1S/C15H26N2O4/c1-6-7-14(17-12(5)19)13(8-16-11(4)18)9-21-15(20)10(2)3/h13-14H,2,6-9H2,1,3-5H3,(H,16,18)(H,17,19). The average molecular weight is 298 g/mol. The SMILES string of the molecule is C=C(C)C(=O)OCC(CNC(C)=O)C(CCC)NC(C)=O. The van der Waals surface area contributed by atoms with Crippen molar-refractivity contribution < 1.29 is 19.1 Å². The van der Waals surface area contributed by atoms with Gasteiger partial charge < -0.3 is 15.4 Å². The molecule has 0 rings (SSSR count). The first kappa shape index (κ1) is 19.1. The van der Waals surface area contributed by atoms with Gasteiger partial charge in [-0.05, 0) is 13.3 Å². The fourth-order valence-corrected chi connectivity index (χ4v) is 1.90. The third-order valence-corrected chi connectivity index (χ3v) is 2.95. The third-order valence-electron chi connectivity index (χ3n) is 2.95. The van der Waals surface area contributed by atoms with Gasteiger partial charge in [-0.1, -0.05) is 19.9 Å². The lowest BCUT2D eigenvalue weighted by Crippen LogP contribution is -2.46. The second kappa shape index (κ2) is 9.96. The summed E-state index contributed by atoms with van der Waals surface area (Å²) in [5, 5.41) is 5.56. The quantitative estimate of drug-likeness (QED) is 0.494. The zero-order chi connectivity index (χ0) is 16.4. The maximum atomic E-state index is 11.5. The minimum Gasteiger partial charge on any atom is -0.462 e. The Morgan fingerprint density at radius 3 is 2.19 bits per heavy atom. The van der Waals surface area contributed by atoms with Crippen molar-refractivity contribution in [1.29, 1.82) is 0 Å². The van der Waals surface area contributed by atoms with E-state index >= 15 is 0 Å². The molecule has 0 aliphatic heterocycles. The summed E-state index contributed by atoms with van der Waals surface area (Å²) in [7, 11) is 0. The number of nitrogens with one attached hydrogen (secondary N) is 2. The molecule has 2 N–H and O–H groups in total. The Morgan fingerprint density at radius 1 is 1.14 bits per heavy atom. The highest BCUT2D eigenvalue weighted by molar-refractivity contribution is 5.86. The first-order chi connectivity index (χ1) is 9.77. The highest BCUT2D eigenvalue weighted by Crippen LogP contribution is 2.11. The van der Waals surface area contributed by atoms with Gasteiger partial charge in [-0.15, -0.1) is 0 Å². The Hall–Kier alpha value is -1.85. The molecule has 0 aliphatic carbocycles. The predicted octanol–water partition coefficient (Wildman–Crippen LogP) is 1.16. The van der Waals surface area contributed by atoms with E-state index in [4.69, 9.17) is 4.74 Å². The van der Waals surface area contributed by atoms with Gasteiger partial charge in [0.25, 0.3) is 0 Å². The van der Waals surface area contributed by atoms with Crippen molar-refractivity contribution in [2.45, 2.75) is 46.6 Å². The highest BCUT2D eigenvalue weighted by Gasteiger charge is 2.23. The molecule has 0 aromatic heterocycles. The summed E-state index contributed by atoms with van der Waals surface area (Å²) in [4.78, 5) is 33.9. The summed E-state index contributed by atoms with van der Waals surface area (Å²) in [6.07, 6.45) is 1.62. The van der Waals surface area contributed by atoms with Crippen molar-refractivity contribution in [2.24, 2.45) is 5.92 Å². The van der Waals surface area contributed by atoms with Crippen molar-refractivity contribution in [3.63, 3.8) is 0 Å².